The van der Waals surface area contributed by atoms with Crippen molar-refractivity contribution in [3.63, 3.8) is 0 Å². The van der Waals surface area contributed by atoms with Crippen LogP contribution in [0.25, 0.3) is 0 Å². The predicted molar refractivity (Wildman–Crippen MR) is 96.0 cm³/mol. The van der Waals surface area contributed by atoms with E-state index < -0.39 is 17.9 Å². The minimum absolute atomic E-state index is 0.123. The average molecular weight is 376 g/mol. The molecule has 2 atom stereocenters. The minimum atomic E-state index is -0.868. The smallest absolute Gasteiger partial charge is 0.342 e. The van der Waals surface area contributed by atoms with Crippen molar-refractivity contribution in [1.29, 1.82) is 0 Å². The first-order valence-corrected chi connectivity index (χ1v) is 8.94. The molecule has 1 saturated heterocycles. The van der Waals surface area contributed by atoms with Gasteiger partial charge in [-0.2, -0.15) is 0 Å². The van der Waals surface area contributed by atoms with E-state index in [4.69, 9.17) is 14.2 Å². The second-order valence-corrected chi connectivity index (χ2v) is 6.96. The minimum Gasteiger partial charge on any atom is -0.507 e. The highest BCUT2D eigenvalue weighted by molar-refractivity contribution is 5.98. The van der Waals surface area contributed by atoms with Gasteiger partial charge in [-0.3, -0.25) is 4.79 Å². The molecule has 2 heterocycles. The maximum Gasteiger partial charge on any atom is 0.342 e. The number of ether oxygens (including phenoxy) is 3. The number of methoxy groups -OCH3 is 1. The molecule has 2 aliphatic rings. The Balaban J connectivity index is 1.99. The number of carbonyl (C=O) groups is 2. The summed E-state index contributed by atoms with van der Waals surface area (Å²) in [6, 6.07) is 0. The van der Waals surface area contributed by atoms with Crippen molar-refractivity contribution in [3.05, 3.63) is 33.9 Å². The number of carbonyl (C=O) groups excluding carboxylic acids is 1. The molecule has 0 radical (unpaired) electrons. The molecule has 2 aliphatic heterocycles. The van der Waals surface area contributed by atoms with E-state index in [1.807, 2.05) is 13.0 Å². The number of hydrogen-bond donors (Lipinski definition) is 2. The fraction of sp³-hybridized carbons (Fsp3) is 0.500. The van der Waals surface area contributed by atoms with Gasteiger partial charge < -0.3 is 24.4 Å². The van der Waals surface area contributed by atoms with E-state index in [0.29, 0.717) is 42.9 Å². The van der Waals surface area contributed by atoms with Gasteiger partial charge in [0.1, 0.15) is 23.7 Å². The topological polar surface area (TPSA) is 102 Å². The highest BCUT2D eigenvalue weighted by Gasteiger charge is 2.33. The number of phenols is 1. The van der Waals surface area contributed by atoms with E-state index >= 15 is 0 Å². The Labute approximate surface area is 157 Å². The zero-order valence-corrected chi connectivity index (χ0v) is 15.7. The van der Waals surface area contributed by atoms with Crippen LogP contribution in [-0.2, 0) is 27.3 Å². The van der Waals surface area contributed by atoms with Crippen molar-refractivity contribution in [3.8, 4) is 11.5 Å². The molecule has 7 nitrogen and oxygen atoms in total. The summed E-state index contributed by atoms with van der Waals surface area (Å²) >= 11 is 0. The molecular formula is C20H24O7. The lowest BCUT2D eigenvalue weighted by Crippen LogP contribution is -2.30. The van der Waals surface area contributed by atoms with E-state index in [9.17, 15) is 19.8 Å². The maximum atomic E-state index is 12.0. The van der Waals surface area contributed by atoms with Gasteiger partial charge in [0.05, 0.1) is 26.2 Å². The van der Waals surface area contributed by atoms with Crippen LogP contribution in [0.15, 0.2) is 11.6 Å². The number of esters is 1. The molecular weight excluding hydrogens is 352 g/mol. The molecule has 1 fully saturated rings. The molecule has 0 unspecified atom stereocenters. The normalized spacial score (nSPS) is 21.7. The largest absolute Gasteiger partial charge is 0.507 e. The number of aromatic hydroxyl groups is 1. The second kappa shape index (κ2) is 7.60. The summed E-state index contributed by atoms with van der Waals surface area (Å²) in [5.74, 6) is -1.79. The highest BCUT2D eigenvalue weighted by Crippen LogP contribution is 2.42. The van der Waals surface area contributed by atoms with Gasteiger partial charge in [-0.1, -0.05) is 18.6 Å². The molecule has 0 amide bonds. The number of carboxylic acids is 1. The summed E-state index contributed by atoms with van der Waals surface area (Å²) in [5, 5.41) is 20.0. The van der Waals surface area contributed by atoms with Crippen molar-refractivity contribution >= 4 is 11.9 Å². The first-order valence-electron chi connectivity index (χ1n) is 8.94. The number of phenolic OH excluding ortho intramolecular Hbond substituents is 1. The second-order valence-electron chi connectivity index (χ2n) is 6.96. The van der Waals surface area contributed by atoms with Crippen LogP contribution in [0.5, 0.6) is 11.5 Å². The molecule has 0 aliphatic carbocycles. The quantitative estimate of drug-likeness (QED) is 0.601. The molecule has 0 bridgehead atoms. The fourth-order valence-electron chi connectivity index (χ4n) is 3.84. The summed E-state index contributed by atoms with van der Waals surface area (Å²) in [6.07, 6.45) is 2.89. The third kappa shape index (κ3) is 3.39. The lowest BCUT2D eigenvalue weighted by atomic mass is 9.83. The number of benzene rings is 1. The van der Waals surface area contributed by atoms with Crippen LogP contribution in [0.4, 0.5) is 0 Å². The number of cyclic esters (lactones) is 1. The molecule has 1 aromatic carbocycles. The van der Waals surface area contributed by atoms with Crippen LogP contribution in [0.3, 0.4) is 0 Å². The first kappa shape index (κ1) is 19.2. The van der Waals surface area contributed by atoms with Gasteiger partial charge >= 0.3 is 11.9 Å². The van der Waals surface area contributed by atoms with Gasteiger partial charge in [0.2, 0.25) is 0 Å². The Morgan fingerprint density at radius 1 is 1.44 bits per heavy atom. The van der Waals surface area contributed by atoms with Crippen LogP contribution >= 0.6 is 0 Å². The average Bonchev–Trinajstić information content (AvgIpc) is 3.05. The molecule has 27 heavy (non-hydrogen) atoms. The molecule has 1 aromatic rings. The van der Waals surface area contributed by atoms with Gasteiger partial charge in [0.15, 0.2) is 0 Å². The van der Waals surface area contributed by atoms with Gasteiger partial charge in [0.25, 0.3) is 0 Å². The van der Waals surface area contributed by atoms with Crippen LogP contribution in [0, 0.1) is 18.8 Å². The number of hydrogen-bond acceptors (Lipinski definition) is 6. The summed E-state index contributed by atoms with van der Waals surface area (Å²) in [4.78, 5) is 23.4. The molecule has 0 aromatic heterocycles. The first-order chi connectivity index (χ1) is 12.9. The van der Waals surface area contributed by atoms with E-state index in [1.165, 1.54) is 7.11 Å². The summed E-state index contributed by atoms with van der Waals surface area (Å²) < 4.78 is 16.0. The molecule has 2 N–H and O–H groups in total. The number of rotatable bonds is 5. The molecule has 146 valence electrons. The van der Waals surface area contributed by atoms with Crippen molar-refractivity contribution < 1.29 is 34.0 Å². The summed E-state index contributed by atoms with van der Waals surface area (Å²) in [5.41, 5.74) is 3.11. The third-order valence-electron chi connectivity index (χ3n) is 5.52. The van der Waals surface area contributed by atoms with Crippen molar-refractivity contribution in [2.75, 3.05) is 20.3 Å². The standard InChI is InChI=1S/C20H24O7/c1-10-15-9-27-20(24)16(15)17(21)13(18(10)25-3)5-4-12-6-7-26-8-14(12)11(2)19(22)23/h4,11,14,21H,5-9H2,1-3H3,(H,22,23)/t11-,14-/m0/s1. The van der Waals surface area contributed by atoms with Gasteiger partial charge in [-0.15, -0.1) is 0 Å². The zero-order valence-electron chi connectivity index (χ0n) is 15.7. The Morgan fingerprint density at radius 3 is 2.85 bits per heavy atom. The van der Waals surface area contributed by atoms with Crippen molar-refractivity contribution in [2.24, 2.45) is 11.8 Å². The Kier molecular flexibility index (Phi) is 5.41. The SMILES string of the molecule is COc1c(C)c2c(c(O)c1CC=C1CCOC[C@H]1[C@H](C)C(=O)O)C(=O)OC2. The number of carboxylic acid groups (broad SMARTS) is 1. The number of allylic oxidation sites excluding steroid dienone is 1. The fourth-order valence-corrected chi connectivity index (χ4v) is 3.84. The van der Waals surface area contributed by atoms with E-state index in [1.54, 1.807) is 6.92 Å². The molecule has 0 spiro atoms. The number of fused-ring (bicyclic) bond motifs is 1. The highest BCUT2D eigenvalue weighted by atomic mass is 16.5. The summed E-state index contributed by atoms with van der Waals surface area (Å²) in [7, 11) is 1.52. The predicted octanol–water partition coefficient (Wildman–Crippen LogP) is 2.61. The van der Waals surface area contributed by atoms with E-state index in [0.717, 1.165) is 11.1 Å². The van der Waals surface area contributed by atoms with Gasteiger partial charge in [-0.25, -0.2) is 4.79 Å². The summed E-state index contributed by atoms with van der Waals surface area (Å²) in [6.45, 7) is 4.52. The van der Waals surface area contributed by atoms with Gasteiger partial charge in [0, 0.05) is 17.0 Å². The van der Waals surface area contributed by atoms with E-state index in [-0.39, 0.29) is 23.8 Å². The van der Waals surface area contributed by atoms with Crippen molar-refractivity contribution in [1.82, 2.24) is 0 Å². The monoisotopic (exact) mass is 376 g/mol. The molecule has 0 saturated carbocycles. The maximum absolute atomic E-state index is 12.0. The Morgan fingerprint density at radius 2 is 2.19 bits per heavy atom. The van der Waals surface area contributed by atoms with Crippen LogP contribution < -0.4 is 4.74 Å². The van der Waals surface area contributed by atoms with Crippen LogP contribution in [-0.4, -0.2) is 42.5 Å². The lowest BCUT2D eigenvalue weighted by Gasteiger charge is -2.29. The van der Waals surface area contributed by atoms with Gasteiger partial charge in [-0.05, 0) is 25.3 Å². The van der Waals surface area contributed by atoms with Crippen molar-refractivity contribution in [2.45, 2.75) is 33.3 Å². The number of aliphatic carboxylic acids is 1. The molecule has 7 heteroatoms. The Hall–Kier alpha value is -2.54. The third-order valence-corrected chi connectivity index (χ3v) is 5.52. The van der Waals surface area contributed by atoms with Crippen LogP contribution in [0.1, 0.15) is 40.4 Å². The Bertz CT molecular complexity index is 809. The van der Waals surface area contributed by atoms with E-state index in [2.05, 4.69) is 0 Å². The van der Waals surface area contributed by atoms with Crippen LogP contribution in [0.2, 0.25) is 0 Å². The zero-order chi connectivity index (χ0) is 19.7. The lowest BCUT2D eigenvalue weighted by molar-refractivity contribution is -0.143. The molecule has 3 rings (SSSR count).